The van der Waals surface area contributed by atoms with Crippen LogP contribution < -0.4 is 5.32 Å². The first-order valence-electron chi connectivity index (χ1n) is 4.26. The lowest BCUT2D eigenvalue weighted by atomic mass is 10.3. The lowest BCUT2D eigenvalue weighted by molar-refractivity contribution is -0.127. The van der Waals surface area contributed by atoms with Gasteiger partial charge in [-0.1, -0.05) is 0 Å². The lowest BCUT2D eigenvalue weighted by Gasteiger charge is -2.24. The van der Waals surface area contributed by atoms with Gasteiger partial charge in [-0.3, -0.25) is 10.1 Å². The van der Waals surface area contributed by atoms with Gasteiger partial charge >= 0.3 is 0 Å². The molecule has 1 N–H and O–H groups in total. The van der Waals surface area contributed by atoms with Crippen molar-refractivity contribution in [1.29, 1.82) is 0 Å². The summed E-state index contributed by atoms with van der Waals surface area (Å²) in [5.74, 6) is 0.212. The molecule has 1 heterocycles. The van der Waals surface area contributed by atoms with Gasteiger partial charge in [-0.15, -0.1) is 0 Å². The van der Waals surface area contributed by atoms with Gasteiger partial charge < -0.3 is 9.80 Å². The van der Waals surface area contributed by atoms with Crippen LogP contribution in [0.1, 0.15) is 6.92 Å². The van der Waals surface area contributed by atoms with Crippen molar-refractivity contribution >= 4 is 5.91 Å². The SMILES string of the molecule is CC(CN1CNCC1=O)N(C)C. The summed E-state index contributed by atoms with van der Waals surface area (Å²) in [6.45, 7) is 4.14. The van der Waals surface area contributed by atoms with Gasteiger partial charge in [-0.2, -0.15) is 0 Å². The zero-order chi connectivity index (χ0) is 9.14. The fourth-order valence-corrected chi connectivity index (χ4v) is 1.15. The van der Waals surface area contributed by atoms with Crippen LogP contribution in [-0.2, 0) is 4.79 Å². The van der Waals surface area contributed by atoms with E-state index in [1.807, 2.05) is 19.0 Å². The zero-order valence-corrected chi connectivity index (χ0v) is 8.00. The average molecular weight is 171 g/mol. The van der Waals surface area contributed by atoms with Gasteiger partial charge in [0.1, 0.15) is 0 Å². The number of nitrogens with one attached hydrogen (secondary N) is 1. The van der Waals surface area contributed by atoms with E-state index >= 15 is 0 Å². The molecule has 1 rings (SSSR count). The largest absolute Gasteiger partial charge is 0.327 e. The molecule has 0 aromatic rings. The molecule has 1 unspecified atom stereocenters. The smallest absolute Gasteiger partial charge is 0.237 e. The number of hydrogen-bond acceptors (Lipinski definition) is 3. The second-order valence-electron chi connectivity index (χ2n) is 3.51. The fraction of sp³-hybridized carbons (Fsp3) is 0.875. The van der Waals surface area contributed by atoms with Crippen molar-refractivity contribution in [3.05, 3.63) is 0 Å². The standard InChI is InChI=1S/C8H17N3O/c1-7(10(2)3)5-11-6-9-4-8(11)12/h7,9H,4-6H2,1-3H3. The van der Waals surface area contributed by atoms with E-state index < -0.39 is 0 Å². The topological polar surface area (TPSA) is 35.6 Å². The van der Waals surface area contributed by atoms with E-state index in [1.165, 1.54) is 0 Å². The van der Waals surface area contributed by atoms with Crippen LogP contribution >= 0.6 is 0 Å². The van der Waals surface area contributed by atoms with E-state index in [9.17, 15) is 4.79 Å². The van der Waals surface area contributed by atoms with Crippen LogP contribution in [0.25, 0.3) is 0 Å². The maximum atomic E-state index is 11.2. The van der Waals surface area contributed by atoms with Gasteiger partial charge in [0.05, 0.1) is 13.2 Å². The minimum Gasteiger partial charge on any atom is -0.327 e. The number of rotatable bonds is 3. The molecule has 0 saturated carbocycles. The van der Waals surface area contributed by atoms with Crippen LogP contribution in [0.2, 0.25) is 0 Å². The molecule has 4 nitrogen and oxygen atoms in total. The van der Waals surface area contributed by atoms with E-state index in [0.29, 0.717) is 19.3 Å². The number of carbonyl (C=O) groups is 1. The predicted molar refractivity (Wildman–Crippen MR) is 47.7 cm³/mol. The Balaban J connectivity index is 2.35. The summed E-state index contributed by atoms with van der Waals surface area (Å²) in [5.41, 5.74) is 0. The molecule has 1 fully saturated rings. The molecule has 1 atom stereocenters. The number of nitrogens with zero attached hydrogens (tertiary/aromatic N) is 2. The van der Waals surface area contributed by atoms with Crippen LogP contribution in [-0.4, -0.2) is 55.6 Å². The third-order valence-electron chi connectivity index (χ3n) is 2.30. The Labute approximate surface area is 73.5 Å². The van der Waals surface area contributed by atoms with E-state index in [0.717, 1.165) is 6.54 Å². The average Bonchev–Trinajstić information content (AvgIpc) is 2.36. The third-order valence-corrected chi connectivity index (χ3v) is 2.30. The first kappa shape index (κ1) is 9.48. The second kappa shape index (κ2) is 3.87. The minimum absolute atomic E-state index is 0.212. The van der Waals surface area contributed by atoms with Crippen molar-refractivity contribution in [3.63, 3.8) is 0 Å². The Morgan fingerprint density at radius 1 is 1.67 bits per heavy atom. The third kappa shape index (κ3) is 2.19. The zero-order valence-electron chi connectivity index (χ0n) is 8.00. The monoisotopic (exact) mass is 171 g/mol. The van der Waals surface area contributed by atoms with Crippen molar-refractivity contribution in [2.24, 2.45) is 0 Å². The van der Waals surface area contributed by atoms with Gasteiger partial charge in [0.2, 0.25) is 5.91 Å². The highest BCUT2D eigenvalue weighted by Crippen LogP contribution is 2.00. The molecule has 0 aromatic carbocycles. The summed E-state index contributed by atoms with van der Waals surface area (Å²) in [6, 6.07) is 0.425. The maximum absolute atomic E-state index is 11.2. The molecule has 0 aliphatic carbocycles. The van der Waals surface area contributed by atoms with Gasteiger partial charge in [0.15, 0.2) is 0 Å². The summed E-state index contributed by atoms with van der Waals surface area (Å²) in [6.07, 6.45) is 0. The van der Waals surface area contributed by atoms with Crippen LogP contribution in [0, 0.1) is 0 Å². The molecule has 1 amide bonds. The first-order valence-corrected chi connectivity index (χ1v) is 4.26. The van der Waals surface area contributed by atoms with Crippen LogP contribution in [0.15, 0.2) is 0 Å². The Hall–Kier alpha value is -0.610. The van der Waals surface area contributed by atoms with E-state index in [1.54, 1.807) is 0 Å². The summed E-state index contributed by atoms with van der Waals surface area (Å²) in [5, 5.41) is 3.02. The summed E-state index contributed by atoms with van der Waals surface area (Å²) >= 11 is 0. The molecular weight excluding hydrogens is 154 g/mol. The molecular formula is C8H17N3O. The molecule has 0 aromatic heterocycles. The van der Waals surface area contributed by atoms with E-state index in [2.05, 4.69) is 17.1 Å². The van der Waals surface area contributed by atoms with Crippen molar-refractivity contribution in [2.45, 2.75) is 13.0 Å². The van der Waals surface area contributed by atoms with Crippen molar-refractivity contribution < 1.29 is 4.79 Å². The highest BCUT2D eigenvalue weighted by Gasteiger charge is 2.21. The van der Waals surface area contributed by atoms with Gasteiger partial charge in [0, 0.05) is 12.6 Å². The Kier molecular flexibility index (Phi) is 3.05. The number of hydrogen-bond donors (Lipinski definition) is 1. The highest BCUT2D eigenvalue weighted by molar-refractivity contribution is 5.80. The molecule has 0 radical (unpaired) electrons. The first-order chi connectivity index (χ1) is 5.61. The molecule has 0 spiro atoms. The number of carbonyl (C=O) groups excluding carboxylic acids is 1. The van der Waals surface area contributed by atoms with Gasteiger partial charge in [-0.25, -0.2) is 0 Å². The molecule has 4 heteroatoms. The van der Waals surface area contributed by atoms with Gasteiger partial charge in [0.25, 0.3) is 0 Å². The van der Waals surface area contributed by atoms with Crippen LogP contribution in [0.3, 0.4) is 0 Å². The van der Waals surface area contributed by atoms with Crippen molar-refractivity contribution in [1.82, 2.24) is 15.1 Å². The summed E-state index contributed by atoms with van der Waals surface area (Å²) in [4.78, 5) is 15.1. The molecule has 1 aliphatic rings. The predicted octanol–water partition coefficient (Wildman–Crippen LogP) is -0.674. The van der Waals surface area contributed by atoms with E-state index in [4.69, 9.17) is 0 Å². The molecule has 0 bridgehead atoms. The summed E-state index contributed by atoms with van der Waals surface area (Å²) < 4.78 is 0. The number of likely N-dealkylation sites (N-methyl/N-ethyl adjacent to an activating group) is 1. The molecule has 70 valence electrons. The van der Waals surface area contributed by atoms with Gasteiger partial charge in [-0.05, 0) is 21.0 Å². The van der Waals surface area contributed by atoms with Crippen molar-refractivity contribution in [2.75, 3.05) is 33.9 Å². The number of amides is 1. The van der Waals surface area contributed by atoms with Crippen molar-refractivity contribution in [3.8, 4) is 0 Å². The quantitative estimate of drug-likeness (QED) is 0.611. The minimum atomic E-state index is 0.212. The normalized spacial score (nSPS) is 20.7. The highest BCUT2D eigenvalue weighted by atomic mass is 16.2. The molecule has 12 heavy (non-hydrogen) atoms. The Bertz CT molecular complexity index is 170. The lowest BCUT2D eigenvalue weighted by Crippen LogP contribution is -2.39. The second-order valence-corrected chi connectivity index (χ2v) is 3.51. The maximum Gasteiger partial charge on any atom is 0.237 e. The van der Waals surface area contributed by atoms with Crippen LogP contribution in [0.5, 0.6) is 0 Å². The Morgan fingerprint density at radius 3 is 2.75 bits per heavy atom. The fourth-order valence-electron chi connectivity index (χ4n) is 1.15. The molecule has 1 aliphatic heterocycles. The van der Waals surface area contributed by atoms with Crippen LogP contribution in [0.4, 0.5) is 0 Å². The Morgan fingerprint density at radius 2 is 2.33 bits per heavy atom. The summed E-state index contributed by atoms with van der Waals surface area (Å²) in [7, 11) is 4.05. The molecule has 1 saturated heterocycles. The van der Waals surface area contributed by atoms with E-state index in [-0.39, 0.29) is 5.91 Å².